The van der Waals surface area contributed by atoms with Gasteiger partial charge in [-0.3, -0.25) is 4.79 Å². The lowest BCUT2D eigenvalue weighted by molar-refractivity contribution is 0.0889. The van der Waals surface area contributed by atoms with Crippen LogP contribution in [0, 0.1) is 5.82 Å². The summed E-state index contributed by atoms with van der Waals surface area (Å²) in [6.07, 6.45) is -1.06. The predicted molar refractivity (Wildman–Crippen MR) is 98.7 cm³/mol. The molecule has 1 aromatic carbocycles. The second kappa shape index (κ2) is 7.69. The molecule has 1 heterocycles. The third-order valence-corrected chi connectivity index (χ3v) is 4.54. The second-order valence-corrected chi connectivity index (χ2v) is 7.63. The predicted octanol–water partition coefficient (Wildman–Crippen LogP) is 3.04. The van der Waals surface area contributed by atoms with Crippen molar-refractivity contribution < 1.29 is 19.1 Å². The first-order valence-electron chi connectivity index (χ1n) is 7.90. The molecule has 2 aromatic rings. The number of carbonyl (C=O) groups is 2. The fourth-order valence-electron chi connectivity index (χ4n) is 2.40. The van der Waals surface area contributed by atoms with Crippen LogP contribution in [0.1, 0.15) is 31.3 Å². The number of thiazole rings is 1. The average Bonchev–Trinajstić information content (AvgIpc) is 2.91. The number of rotatable bonds is 5. The van der Waals surface area contributed by atoms with Gasteiger partial charge in [-0.2, -0.15) is 0 Å². The molecular formula is C17H21FN4O3S. The van der Waals surface area contributed by atoms with E-state index in [9.17, 15) is 19.1 Å². The van der Waals surface area contributed by atoms with Crippen molar-refractivity contribution in [1.29, 1.82) is 0 Å². The van der Waals surface area contributed by atoms with Crippen LogP contribution in [0.5, 0.6) is 0 Å². The topological polar surface area (TPSA) is 109 Å². The molecule has 0 saturated carbocycles. The number of amides is 2. The van der Waals surface area contributed by atoms with E-state index in [1.165, 1.54) is 23.1 Å². The van der Waals surface area contributed by atoms with E-state index in [4.69, 9.17) is 5.73 Å². The van der Waals surface area contributed by atoms with Crippen molar-refractivity contribution in [2.75, 3.05) is 18.8 Å². The fourth-order valence-corrected chi connectivity index (χ4v) is 3.22. The van der Waals surface area contributed by atoms with E-state index >= 15 is 0 Å². The number of aromatic nitrogens is 1. The Hall–Kier alpha value is -2.68. The van der Waals surface area contributed by atoms with Gasteiger partial charge in [-0.15, -0.1) is 0 Å². The minimum Gasteiger partial charge on any atom is -0.465 e. The highest BCUT2D eigenvalue weighted by Gasteiger charge is 2.26. The Kier molecular flexibility index (Phi) is 5.81. The van der Waals surface area contributed by atoms with Gasteiger partial charge in [0.05, 0.1) is 4.88 Å². The smallest absolute Gasteiger partial charge is 0.407 e. The first-order valence-corrected chi connectivity index (χ1v) is 8.72. The highest BCUT2D eigenvalue weighted by Crippen LogP contribution is 2.32. The quantitative estimate of drug-likeness (QED) is 0.739. The highest BCUT2D eigenvalue weighted by molar-refractivity contribution is 7.19. The third-order valence-electron chi connectivity index (χ3n) is 3.61. The summed E-state index contributed by atoms with van der Waals surface area (Å²) >= 11 is 1.09. The first-order chi connectivity index (χ1) is 12.1. The van der Waals surface area contributed by atoms with E-state index in [1.54, 1.807) is 26.8 Å². The molecule has 26 heavy (non-hydrogen) atoms. The van der Waals surface area contributed by atoms with Gasteiger partial charge in [-0.25, -0.2) is 14.2 Å². The molecule has 2 amide bonds. The van der Waals surface area contributed by atoms with E-state index in [1.807, 2.05) is 0 Å². The number of carboxylic acid groups (broad SMARTS) is 1. The maximum absolute atomic E-state index is 13.5. The normalized spacial score (nSPS) is 11.2. The van der Waals surface area contributed by atoms with Crippen LogP contribution in [0.15, 0.2) is 24.3 Å². The van der Waals surface area contributed by atoms with Gasteiger partial charge in [0.25, 0.3) is 5.91 Å². The summed E-state index contributed by atoms with van der Waals surface area (Å²) in [5.41, 5.74) is 5.72. The van der Waals surface area contributed by atoms with Gasteiger partial charge in [0.1, 0.15) is 11.5 Å². The van der Waals surface area contributed by atoms with E-state index in [0.29, 0.717) is 10.4 Å². The minimum atomic E-state index is -1.06. The number of hydrogen-bond donors (Lipinski definition) is 3. The van der Waals surface area contributed by atoms with Crippen molar-refractivity contribution in [2.45, 2.75) is 26.3 Å². The molecule has 0 atom stereocenters. The third kappa shape index (κ3) is 4.69. The lowest BCUT2D eigenvalue weighted by Gasteiger charge is -2.33. The zero-order chi connectivity index (χ0) is 19.5. The van der Waals surface area contributed by atoms with Gasteiger partial charge in [-0.1, -0.05) is 23.5 Å². The fraction of sp³-hybridized carbons (Fsp3) is 0.353. The lowest BCUT2D eigenvalue weighted by atomic mass is 10.1. The number of nitrogen functional groups attached to an aromatic ring is 1. The zero-order valence-electron chi connectivity index (χ0n) is 14.7. The summed E-state index contributed by atoms with van der Waals surface area (Å²) in [6.45, 7) is 5.55. The molecular weight excluding hydrogens is 359 g/mol. The summed E-state index contributed by atoms with van der Waals surface area (Å²) in [6, 6.07) is 5.81. The van der Waals surface area contributed by atoms with E-state index < -0.39 is 23.4 Å². The standard InChI is InChI=1S/C17H21FN4O3S/c1-17(2,3)22(16(24)25)8-7-20-14(23)12-13(26-15(19)21-12)10-5-4-6-11(18)9-10/h4-6,9H,7-8H2,1-3H3,(H2,19,21)(H,20,23)(H,24,25). The Bertz CT molecular complexity index is 817. The van der Waals surface area contributed by atoms with Crippen molar-refractivity contribution in [2.24, 2.45) is 0 Å². The number of nitrogens with zero attached hydrogens (tertiary/aromatic N) is 2. The van der Waals surface area contributed by atoms with Crippen LogP contribution in [0.4, 0.5) is 14.3 Å². The molecule has 0 spiro atoms. The summed E-state index contributed by atoms with van der Waals surface area (Å²) in [7, 11) is 0. The molecule has 0 aliphatic rings. The van der Waals surface area contributed by atoms with Crippen LogP contribution < -0.4 is 11.1 Å². The van der Waals surface area contributed by atoms with Crippen molar-refractivity contribution in [3.05, 3.63) is 35.8 Å². The largest absolute Gasteiger partial charge is 0.465 e. The Morgan fingerprint density at radius 3 is 2.65 bits per heavy atom. The van der Waals surface area contributed by atoms with Crippen LogP contribution >= 0.6 is 11.3 Å². The Morgan fingerprint density at radius 1 is 1.38 bits per heavy atom. The molecule has 0 bridgehead atoms. The SMILES string of the molecule is CC(C)(C)N(CCNC(=O)c1nc(N)sc1-c1cccc(F)c1)C(=O)O. The number of hydrogen-bond acceptors (Lipinski definition) is 5. The van der Waals surface area contributed by atoms with Gasteiger partial charge >= 0.3 is 6.09 Å². The molecule has 4 N–H and O–H groups in total. The molecule has 0 aliphatic carbocycles. The van der Waals surface area contributed by atoms with Gasteiger partial charge in [-0.05, 0) is 38.5 Å². The van der Waals surface area contributed by atoms with Crippen LogP contribution in [0.3, 0.4) is 0 Å². The summed E-state index contributed by atoms with van der Waals surface area (Å²) in [5, 5.41) is 12.1. The molecule has 1 aromatic heterocycles. The van der Waals surface area contributed by atoms with Gasteiger partial charge < -0.3 is 21.1 Å². The van der Waals surface area contributed by atoms with Crippen molar-refractivity contribution in [3.8, 4) is 10.4 Å². The molecule has 7 nitrogen and oxygen atoms in total. The van der Waals surface area contributed by atoms with E-state index in [2.05, 4.69) is 10.3 Å². The number of halogens is 1. The maximum Gasteiger partial charge on any atom is 0.407 e. The Labute approximate surface area is 154 Å². The first kappa shape index (κ1) is 19.6. The average molecular weight is 380 g/mol. The van der Waals surface area contributed by atoms with Crippen molar-refractivity contribution >= 4 is 28.5 Å². The summed E-state index contributed by atoms with van der Waals surface area (Å²) < 4.78 is 13.5. The number of anilines is 1. The molecule has 2 rings (SSSR count). The summed E-state index contributed by atoms with van der Waals surface area (Å²) in [4.78, 5) is 29.5. The lowest BCUT2D eigenvalue weighted by Crippen LogP contribution is -2.48. The van der Waals surface area contributed by atoms with Crippen LogP contribution in [-0.4, -0.2) is 45.6 Å². The monoisotopic (exact) mass is 380 g/mol. The molecule has 0 saturated heterocycles. The van der Waals surface area contributed by atoms with Crippen LogP contribution in [0.2, 0.25) is 0 Å². The van der Waals surface area contributed by atoms with E-state index in [-0.39, 0.29) is 23.9 Å². The molecule has 140 valence electrons. The summed E-state index contributed by atoms with van der Waals surface area (Å²) in [5.74, 6) is -0.917. The van der Waals surface area contributed by atoms with Crippen molar-refractivity contribution in [3.63, 3.8) is 0 Å². The number of carbonyl (C=O) groups excluding carboxylic acids is 1. The maximum atomic E-state index is 13.5. The molecule has 9 heteroatoms. The minimum absolute atomic E-state index is 0.0933. The van der Waals surface area contributed by atoms with Crippen LogP contribution in [0.25, 0.3) is 10.4 Å². The Balaban J connectivity index is 2.12. The zero-order valence-corrected chi connectivity index (χ0v) is 15.6. The molecule has 0 fully saturated rings. The number of nitrogens with one attached hydrogen (secondary N) is 1. The van der Waals surface area contributed by atoms with Crippen molar-refractivity contribution in [1.82, 2.24) is 15.2 Å². The van der Waals surface area contributed by atoms with Gasteiger partial charge in [0, 0.05) is 18.6 Å². The second-order valence-electron chi connectivity index (χ2n) is 6.60. The number of nitrogens with two attached hydrogens (primary N) is 1. The van der Waals surface area contributed by atoms with E-state index in [0.717, 1.165) is 11.3 Å². The Morgan fingerprint density at radius 2 is 2.08 bits per heavy atom. The molecule has 0 aliphatic heterocycles. The molecule has 0 unspecified atom stereocenters. The molecule has 0 radical (unpaired) electrons. The highest BCUT2D eigenvalue weighted by atomic mass is 32.1. The van der Waals surface area contributed by atoms with Gasteiger partial charge in [0.2, 0.25) is 0 Å². The number of benzene rings is 1. The van der Waals surface area contributed by atoms with Crippen LogP contribution in [-0.2, 0) is 0 Å². The van der Waals surface area contributed by atoms with Gasteiger partial charge in [0.15, 0.2) is 5.13 Å².